The van der Waals surface area contributed by atoms with Gasteiger partial charge in [0, 0.05) is 23.7 Å². The molecule has 2 aliphatic rings. The number of rotatable bonds is 3. The van der Waals surface area contributed by atoms with E-state index in [9.17, 15) is 8.42 Å². The summed E-state index contributed by atoms with van der Waals surface area (Å²) >= 11 is 12.3. The summed E-state index contributed by atoms with van der Waals surface area (Å²) in [5, 5.41) is 0.702. The number of methoxy groups -OCH3 is 1. The Hall–Kier alpha value is -0.370. The molecule has 1 saturated carbocycles. The predicted octanol–water partition coefficient (Wildman–Crippen LogP) is 3.26. The normalized spacial score (nSPS) is 28.6. The van der Waals surface area contributed by atoms with Crippen LogP contribution in [0.15, 0.2) is 17.0 Å². The van der Waals surface area contributed by atoms with Crippen molar-refractivity contribution in [2.24, 2.45) is 0 Å². The number of morpholine rings is 1. The van der Waals surface area contributed by atoms with E-state index in [4.69, 9.17) is 32.7 Å². The second-order valence-electron chi connectivity index (χ2n) is 6.28. The molecule has 0 bridgehead atoms. The van der Waals surface area contributed by atoms with E-state index in [0.717, 1.165) is 12.8 Å². The van der Waals surface area contributed by atoms with Crippen LogP contribution in [-0.4, -0.2) is 51.2 Å². The lowest BCUT2D eigenvalue weighted by atomic mass is 9.89. The fourth-order valence-electron chi connectivity index (χ4n) is 3.46. The predicted molar refractivity (Wildman–Crippen MR) is 93.3 cm³/mol. The van der Waals surface area contributed by atoms with Crippen molar-refractivity contribution >= 4 is 33.2 Å². The van der Waals surface area contributed by atoms with Gasteiger partial charge in [0.15, 0.2) is 0 Å². The van der Waals surface area contributed by atoms with E-state index in [1.807, 2.05) is 0 Å². The smallest absolute Gasteiger partial charge is 0.243 e. The first-order valence-electron chi connectivity index (χ1n) is 7.96. The number of halogens is 2. The summed E-state index contributed by atoms with van der Waals surface area (Å²) in [5.41, 5.74) is 0.675. The van der Waals surface area contributed by atoms with Crippen LogP contribution >= 0.6 is 23.2 Å². The zero-order chi connectivity index (χ0) is 17.5. The van der Waals surface area contributed by atoms with Gasteiger partial charge in [-0.15, -0.1) is 0 Å². The van der Waals surface area contributed by atoms with Crippen LogP contribution in [-0.2, 0) is 19.5 Å². The second-order valence-corrected chi connectivity index (χ2v) is 8.98. The van der Waals surface area contributed by atoms with Crippen LogP contribution in [0.1, 0.15) is 24.8 Å². The van der Waals surface area contributed by atoms with E-state index < -0.39 is 10.0 Å². The highest BCUT2D eigenvalue weighted by atomic mass is 35.5. The standard InChI is InChI=1S/C16H21Cl2NO4S/c1-10-13(17)8-12(9-14(10)18)24(20,21)19-5-6-23-16-4-3-11(22-2)7-15(16)19/h8-9,11,15-16H,3-7H2,1-2H3. The maximum Gasteiger partial charge on any atom is 0.243 e. The monoisotopic (exact) mass is 393 g/mol. The second kappa shape index (κ2) is 7.09. The molecule has 5 nitrogen and oxygen atoms in total. The fourth-order valence-corrected chi connectivity index (χ4v) is 5.77. The quantitative estimate of drug-likeness (QED) is 0.790. The van der Waals surface area contributed by atoms with Crippen LogP contribution in [0.4, 0.5) is 0 Å². The summed E-state index contributed by atoms with van der Waals surface area (Å²) < 4.78 is 39.1. The van der Waals surface area contributed by atoms with Gasteiger partial charge in [-0.1, -0.05) is 23.2 Å². The Morgan fingerprint density at radius 3 is 2.54 bits per heavy atom. The van der Waals surface area contributed by atoms with E-state index in [-0.39, 0.29) is 23.1 Å². The number of benzene rings is 1. The van der Waals surface area contributed by atoms with E-state index >= 15 is 0 Å². The molecule has 2 fully saturated rings. The summed E-state index contributed by atoms with van der Waals surface area (Å²) in [6, 6.07) is 2.72. The first-order chi connectivity index (χ1) is 11.3. The van der Waals surface area contributed by atoms with Crippen LogP contribution in [0, 0.1) is 6.92 Å². The lowest BCUT2D eigenvalue weighted by Gasteiger charge is -2.44. The van der Waals surface area contributed by atoms with Gasteiger partial charge in [0.2, 0.25) is 10.0 Å². The topological polar surface area (TPSA) is 55.8 Å². The fraction of sp³-hybridized carbons (Fsp3) is 0.625. The van der Waals surface area contributed by atoms with Crippen molar-refractivity contribution < 1.29 is 17.9 Å². The van der Waals surface area contributed by atoms with Crippen LogP contribution < -0.4 is 0 Å². The number of nitrogens with zero attached hydrogens (tertiary/aromatic N) is 1. The molecule has 8 heteroatoms. The summed E-state index contributed by atoms with van der Waals surface area (Å²) in [7, 11) is -2.04. The molecule has 1 aliphatic carbocycles. The van der Waals surface area contributed by atoms with Gasteiger partial charge in [-0.25, -0.2) is 8.42 Å². The van der Waals surface area contributed by atoms with Crippen molar-refractivity contribution in [3.8, 4) is 0 Å². The largest absolute Gasteiger partial charge is 0.381 e. The molecule has 0 spiro atoms. The van der Waals surface area contributed by atoms with Gasteiger partial charge in [-0.05, 0) is 43.9 Å². The molecule has 1 saturated heterocycles. The van der Waals surface area contributed by atoms with Gasteiger partial charge in [-0.3, -0.25) is 0 Å². The molecular formula is C16H21Cl2NO4S. The Kier molecular flexibility index (Phi) is 5.45. The van der Waals surface area contributed by atoms with E-state index in [1.54, 1.807) is 14.0 Å². The highest BCUT2D eigenvalue weighted by Gasteiger charge is 2.43. The molecule has 0 radical (unpaired) electrons. The SMILES string of the molecule is COC1CCC2OCCN(S(=O)(=O)c3cc(Cl)c(C)c(Cl)c3)C2C1. The minimum Gasteiger partial charge on any atom is -0.381 e. The van der Waals surface area contributed by atoms with Crippen molar-refractivity contribution in [3.63, 3.8) is 0 Å². The molecule has 24 heavy (non-hydrogen) atoms. The maximum absolute atomic E-state index is 13.2. The van der Waals surface area contributed by atoms with Gasteiger partial charge >= 0.3 is 0 Å². The third-order valence-corrected chi connectivity index (χ3v) is 7.60. The minimum atomic E-state index is -3.70. The van der Waals surface area contributed by atoms with Crippen molar-refractivity contribution in [2.75, 3.05) is 20.3 Å². The molecular weight excluding hydrogens is 373 g/mol. The van der Waals surface area contributed by atoms with Crippen LogP contribution in [0.5, 0.6) is 0 Å². The molecule has 1 aromatic carbocycles. The average molecular weight is 394 g/mol. The summed E-state index contributed by atoms with van der Waals surface area (Å²) in [6.45, 7) is 2.48. The van der Waals surface area contributed by atoms with Crippen LogP contribution in [0.2, 0.25) is 10.0 Å². The zero-order valence-corrected chi connectivity index (χ0v) is 16.0. The van der Waals surface area contributed by atoms with E-state index in [0.29, 0.717) is 35.2 Å². The third kappa shape index (κ3) is 3.32. The lowest BCUT2D eigenvalue weighted by Crippen LogP contribution is -2.56. The van der Waals surface area contributed by atoms with Crippen molar-refractivity contribution in [1.82, 2.24) is 4.31 Å². The summed E-state index contributed by atoms with van der Waals surface area (Å²) in [5.74, 6) is 0. The maximum atomic E-state index is 13.2. The molecule has 3 rings (SSSR count). The number of sulfonamides is 1. The molecule has 3 atom stereocenters. The van der Waals surface area contributed by atoms with Crippen molar-refractivity contribution in [1.29, 1.82) is 0 Å². The van der Waals surface area contributed by atoms with Gasteiger partial charge in [0.05, 0.1) is 29.8 Å². The molecule has 1 aliphatic heterocycles. The number of hydrogen-bond donors (Lipinski definition) is 0. The molecule has 0 amide bonds. The highest BCUT2D eigenvalue weighted by Crippen LogP contribution is 2.35. The van der Waals surface area contributed by atoms with E-state index in [1.165, 1.54) is 16.4 Å². The van der Waals surface area contributed by atoms with Gasteiger partial charge in [-0.2, -0.15) is 4.31 Å². The van der Waals surface area contributed by atoms with Crippen LogP contribution in [0.3, 0.4) is 0 Å². The summed E-state index contributed by atoms with van der Waals surface area (Å²) in [4.78, 5) is 0.128. The van der Waals surface area contributed by atoms with Crippen molar-refractivity contribution in [3.05, 3.63) is 27.7 Å². The molecule has 1 heterocycles. The average Bonchev–Trinajstić information content (AvgIpc) is 2.58. The number of ether oxygens (including phenoxy) is 2. The third-order valence-electron chi connectivity index (χ3n) is 4.91. The van der Waals surface area contributed by atoms with Crippen molar-refractivity contribution in [2.45, 2.75) is 49.3 Å². The Bertz CT molecular complexity index is 702. The molecule has 3 unspecified atom stereocenters. The first-order valence-corrected chi connectivity index (χ1v) is 10.2. The molecule has 0 aromatic heterocycles. The molecule has 134 valence electrons. The first kappa shape index (κ1) is 18.4. The van der Waals surface area contributed by atoms with E-state index in [2.05, 4.69) is 0 Å². The Labute approximate surface area is 152 Å². The van der Waals surface area contributed by atoms with Gasteiger partial charge in [0.1, 0.15) is 0 Å². The zero-order valence-electron chi connectivity index (χ0n) is 13.7. The number of hydrogen-bond acceptors (Lipinski definition) is 4. The van der Waals surface area contributed by atoms with Gasteiger partial charge < -0.3 is 9.47 Å². The molecule has 1 aromatic rings. The minimum absolute atomic E-state index is 0.0517. The van der Waals surface area contributed by atoms with Gasteiger partial charge in [0.25, 0.3) is 0 Å². The highest BCUT2D eigenvalue weighted by molar-refractivity contribution is 7.89. The summed E-state index contributed by atoms with van der Waals surface area (Å²) in [6.07, 6.45) is 2.28. The Balaban J connectivity index is 1.96. The Morgan fingerprint density at radius 1 is 1.25 bits per heavy atom. The van der Waals surface area contributed by atoms with Crippen LogP contribution in [0.25, 0.3) is 0 Å². The Morgan fingerprint density at radius 2 is 1.92 bits per heavy atom. The molecule has 0 N–H and O–H groups in total. The number of fused-ring (bicyclic) bond motifs is 1. The lowest BCUT2D eigenvalue weighted by molar-refractivity contribution is -0.0883.